The molecule has 1 aromatic carbocycles. The Labute approximate surface area is 172 Å². The molecule has 0 saturated heterocycles. The molecule has 0 radical (unpaired) electrons. The first-order valence-corrected chi connectivity index (χ1v) is 10.5. The number of anilines is 1. The SMILES string of the molecule is CCOC(=O)c1c(NC(=O)c2cc(-c3ccc(C)cc3)on2)sc2c1CCCC2. The topological polar surface area (TPSA) is 81.4 Å². The summed E-state index contributed by atoms with van der Waals surface area (Å²) in [6.07, 6.45) is 3.88. The van der Waals surface area contributed by atoms with Gasteiger partial charge in [0.2, 0.25) is 0 Å². The first-order chi connectivity index (χ1) is 14.1. The number of hydrogen-bond acceptors (Lipinski definition) is 6. The zero-order valence-corrected chi connectivity index (χ0v) is 17.2. The van der Waals surface area contributed by atoms with Gasteiger partial charge in [0, 0.05) is 16.5 Å². The summed E-state index contributed by atoms with van der Waals surface area (Å²) in [6.45, 7) is 4.07. The van der Waals surface area contributed by atoms with E-state index in [9.17, 15) is 9.59 Å². The summed E-state index contributed by atoms with van der Waals surface area (Å²) in [5.74, 6) is -0.273. The van der Waals surface area contributed by atoms with Crippen molar-refractivity contribution in [2.24, 2.45) is 0 Å². The van der Waals surface area contributed by atoms with Gasteiger partial charge >= 0.3 is 5.97 Å². The highest BCUT2D eigenvalue weighted by atomic mass is 32.1. The molecular weight excluding hydrogens is 388 g/mol. The number of nitrogens with zero attached hydrogens (tertiary/aromatic N) is 1. The first kappa shape index (κ1) is 19.4. The smallest absolute Gasteiger partial charge is 0.341 e. The predicted octanol–water partition coefficient (Wildman–Crippen LogP) is 5.02. The van der Waals surface area contributed by atoms with Crippen LogP contribution in [0.1, 0.15) is 56.6 Å². The standard InChI is InChI=1S/C22H22N2O4S/c1-3-27-22(26)19-15-6-4-5-7-18(15)29-21(19)23-20(25)16-12-17(28-24-16)14-10-8-13(2)9-11-14/h8-12H,3-7H2,1-2H3,(H,23,25). The van der Waals surface area contributed by atoms with E-state index >= 15 is 0 Å². The van der Waals surface area contributed by atoms with Crippen molar-refractivity contribution in [1.29, 1.82) is 0 Å². The number of carbonyl (C=O) groups is 2. The van der Waals surface area contributed by atoms with Crippen molar-refractivity contribution in [2.45, 2.75) is 39.5 Å². The van der Waals surface area contributed by atoms with Gasteiger partial charge in [-0.2, -0.15) is 0 Å². The Morgan fingerprint density at radius 2 is 1.97 bits per heavy atom. The predicted molar refractivity (Wildman–Crippen MR) is 112 cm³/mol. The van der Waals surface area contributed by atoms with E-state index in [2.05, 4.69) is 10.5 Å². The van der Waals surface area contributed by atoms with Crippen LogP contribution in [-0.4, -0.2) is 23.6 Å². The van der Waals surface area contributed by atoms with Crippen molar-refractivity contribution in [1.82, 2.24) is 5.16 Å². The van der Waals surface area contributed by atoms with Crippen LogP contribution in [0.15, 0.2) is 34.9 Å². The molecule has 3 aromatic rings. The fraction of sp³-hybridized carbons (Fsp3) is 0.318. The van der Waals surface area contributed by atoms with Crippen molar-refractivity contribution in [3.63, 3.8) is 0 Å². The summed E-state index contributed by atoms with van der Waals surface area (Å²) in [5.41, 5.74) is 3.65. The number of rotatable bonds is 5. The third kappa shape index (κ3) is 3.96. The Balaban J connectivity index is 1.59. The molecule has 0 unspecified atom stereocenters. The van der Waals surface area contributed by atoms with Gasteiger partial charge in [-0.15, -0.1) is 11.3 Å². The van der Waals surface area contributed by atoms with E-state index in [1.807, 2.05) is 31.2 Å². The largest absolute Gasteiger partial charge is 0.462 e. The molecule has 0 atom stereocenters. The lowest BCUT2D eigenvalue weighted by molar-refractivity contribution is 0.0526. The van der Waals surface area contributed by atoms with E-state index in [1.54, 1.807) is 13.0 Å². The highest BCUT2D eigenvalue weighted by Crippen LogP contribution is 2.38. The van der Waals surface area contributed by atoms with E-state index in [0.717, 1.165) is 47.3 Å². The molecule has 0 spiro atoms. The van der Waals surface area contributed by atoms with Gasteiger partial charge in [-0.3, -0.25) is 4.79 Å². The fourth-order valence-corrected chi connectivity index (χ4v) is 4.75. The van der Waals surface area contributed by atoms with Gasteiger partial charge in [-0.05, 0) is 45.1 Å². The van der Waals surface area contributed by atoms with E-state index < -0.39 is 5.91 Å². The lowest BCUT2D eigenvalue weighted by atomic mass is 9.95. The quantitative estimate of drug-likeness (QED) is 0.597. The fourth-order valence-electron chi connectivity index (χ4n) is 3.48. The summed E-state index contributed by atoms with van der Waals surface area (Å²) >= 11 is 1.45. The average Bonchev–Trinajstić information content (AvgIpc) is 3.33. The van der Waals surface area contributed by atoms with Crippen molar-refractivity contribution >= 4 is 28.2 Å². The summed E-state index contributed by atoms with van der Waals surface area (Å²) in [6, 6.07) is 9.39. The van der Waals surface area contributed by atoms with Crippen LogP contribution in [0, 0.1) is 6.92 Å². The van der Waals surface area contributed by atoms with Crippen molar-refractivity contribution < 1.29 is 18.8 Å². The average molecular weight is 410 g/mol. The molecule has 2 aromatic heterocycles. The van der Waals surface area contributed by atoms with Gasteiger partial charge in [-0.25, -0.2) is 4.79 Å². The number of carbonyl (C=O) groups excluding carboxylic acids is 2. The molecule has 1 amide bonds. The molecular formula is C22H22N2O4S. The number of thiophene rings is 1. The molecule has 2 heterocycles. The number of ether oxygens (including phenoxy) is 1. The second-order valence-electron chi connectivity index (χ2n) is 7.03. The van der Waals surface area contributed by atoms with Gasteiger partial charge in [-0.1, -0.05) is 35.0 Å². The zero-order chi connectivity index (χ0) is 20.4. The van der Waals surface area contributed by atoms with Crippen molar-refractivity contribution in [3.8, 4) is 11.3 Å². The normalized spacial score (nSPS) is 13.0. The van der Waals surface area contributed by atoms with E-state index in [0.29, 0.717) is 22.9 Å². The molecule has 7 heteroatoms. The summed E-state index contributed by atoms with van der Waals surface area (Å²) in [4.78, 5) is 26.5. The molecule has 29 heavy (non-hydrogen) atoms. The Kier molecular flexibility index (Phi) is 5.49. The monoisotopic (exact) mass is 410 g/mol. The van der Waals surface area contributed by atoms with Gasteiger partial charge < -0.3 is 14.6 Å². The van der Waals surface area contributed by atoms with Crippen LogP contribution >= 0.6 is 11.3 Å². The van der Waals surface area contributed by atoms with Crippen LogP contribution in [0.2, 0.25) is 0 Å². The molecule has 0 fully saturated rings. The molecule has 1 aliphatic rings. The summed E-state index contributed by atoms with van der Waals surface area (Å²) in [7, 11) is 0. The van der Waals surface area contributed by atoms with Gasteiger partial charge in [0.05, 0.1) is 12.2 Å². The lowest BCUT2D eigenvalue weighted by Gasteiger charge is -2.12. The van der Waals surface area contributed by atoms with Gasteiger partial charge in [0.1, 0.15) is 5.00 Å². The first-order valence-electron chi connectivity index (χ1n) is 9.73. The molecule has 6 nitrogen and oxygen atoms in total. The number of hydrogen-bond donors (Lipinski definition) is 1. The highest BCUT2D eigenvalue weighted by Gasteiger charge is 2.28. The molecule has 150 valence electrons. The maximum atomic E-state index is 12.8. The highest BCUT2D eigenvalue weighted by molar-refractivity contribution is 7.17. The number of aryl methyl sites for hydroxylation is 2. The number of amides is 1. The maximum Gasteiger partial charge on any atom is 0.341 e. The minimum absolute atomic E-state index is 0.168. The van der Waals surface area contributed by atoms with Crippen LogP contribution < -0.4 is 5.32 Å². The van der Waals surface area contributed by atoms with Crippen LogP contribution in [-0.2, 0) is 17.6 Å². The second kappa shape index (κ2) is 8.21. The lowest BCUT2D eigenvalue weighted by Crippen LogP contribution is -2.16. The van der Waals surface area contributed by atoms with Crippen molar-refractivity contribution in [2.75, 3.05) is 11.9 Å². The molecule has 0 saturated carbocycles. The molecule has 0 aliphatic heterocycles. The van der Waals surface area contributed by atoms with E-state index in [1.165, 1.54) is 11.3 Å². The maximum absolute atomic E-state index is 12.8. The van der Waals surface area contributed by atoms with Crippen LogP contribution in [0.4, 0.5) is 5.00 Å². The Morgan fingerprint density at radius 1 is 1.21 bits per heavy atom. The summed E-state index contributed by atoms with van der Waals surface area (Å²) < 4.78 is 10.6. The molecule has 4 rings (SSSR count). The number of nitrogens with one attached hydrogen (secondary N) is 1. The van der Waals surface area contributed by atoms with Crippen molar-refractivity contribution in [3.05, 3.63) is 57.6 Å². The summed E-state index contributed by atoms with van der Waals surface area (Å²) in [5, 5.41) is 7.29. The number of esters is 1. The number of fused-ring (bicyclic) bond motifs is 1. The molecule has 0 bridgehead atoms. The Morgan fingerprint density at radius 3 is 2.72 bits per heavy atom. The van der Waals surface area contributed by atoms with E-state index in [-0.39, 0.29) is 11.7 Å². The minimum atomic E-state index is -0.406. The van der Waals surface area contributed by atoms with Gasteiger partial charge in [0.25, 0.3) is 5.91 Å². The zero-order valence-electron chi connectivity index (χ0n) is 16.4. The molecule has 1 N–H and O–H groups in total. The van der Waals surface area contributed by atoms with Gasteiger partial charge in [0.15, 0.2) is 11.5 Å². The number of benzene rings is 1. The van der Waals surface area contributed by atoms with Crippen LogP contribution in [0.3, 0.4) is 0 Å². The Hall–Kier alpha value is -2.93. The Bertz CT molecular complexity index is 1050. The van der Waals surface area contributed by atoms with Crippen LogP contribution in [0.5, 0.6) is 0 Å². The van der Waals surface area contributed by atoms with E-state index in [4.69, 9.17) is 9.26 Å². The second-order valence-corrected chi connectivity index (χ2v) is 8.14. The minimum Gasteiger partial charge on any atom is -0.462 e. The van der Waals surface area contributed by atoms with Crippen LogP contribution in [0.25, 0.3) is 11.3 Å². The molecule has 1 aliphatic carbocycles. The number of aromatic nitrogens is 1. The third-order valence-corrected chi connectivity index (χ3v) is 6.16. The third-order valence-electron chi connectivity index (χ3n) is 4.96.